The fourth-order valence-electron chi connectivity index (χ4n) is 3.65. The minimum absolute atomic E-state index is 0.234. The zero-order chi connectivity index (χ0) is 20.9. The number of carbonyl (C=O) groups is 1. The summed E-state index contributed by atoms with van der Waals surface area (Å²) >= 11 is 6.15. The van der Waals surface area contributed by atoms with Crippen molar-refractivity contribution in [1.29, 1.82) is 0 Å². The second-order valence-electron chi connectivity index (χ2n) is 7.02. The van der Waals surface area contributed by atoms with Crippen LogP contribution in [-0.2, 0) is 10.0 Å². The third-order valence-corrected chi connectivity index (χ3v) is 7.43. The van der Waals surface area contributed by atoms with Crippen molar-refractivity contribution in [3.8, 4) is 11.1 Å². The van der Waals surface area contributed by atoms with Crippen LogP contribution >= 0.6 is 11.6 Å². The van der Waals surface area contributed by atoms with Gasteiger partial charge in [0.2, 0.25) is 0 Å². The summed E-state index contributed by atoms with van der Waals surface area (Å²) < 4.78 is 27.0. The van der Waals surface area contributed by atoms with E-state index in [1.807, 2.05) is 6.92 Å². The first-order valence-electron chi connectivity index (χ1n) is 9.01. The third-order valence-electron chi connectivity index (χ3n) is 5.21. The van der Waals surface area contributed by atoms with Gasteiger partial charge in [0, 0.05) is 34.4 Å². The number of benzene rings is 3. The Hall–Kier alpha value is -2.83. The Morgan fingerprint density at radius 2 is 1.72 bits per heavy atom. The van der Waals surface area contributed by atoms with Crippen LogP contribution < -0.4 is 9.62 Å². The van der Waals surface area contributed by atoms with Crippen molar-refractivity contribution in [1.82, 2.24) is 0 Å². The Morgan fingerprint density at radius 3 is 2.48 bits per heavy atom. The number of fused-ring (bicyclic) bond motifs is 3. The highest BCUT2D eigenvalue weighted by Gasteiger charge is 2.33. The maximum absolute atomic E-state index is 13.0. The Kier molecular flexibility index (Phi) is 4.63. The number of nitrogens with zero attached hydrogens (tertiary/aromatic N) is 1. The highest BCUT2D eigenvalue weighted by atomic mass is 35.5. The van der Waals surface area contributed by atoms with Crippen molar-refractivity contribution in [2.45, 2.75) is 18.7 Å². The van der Waals surface area contributed by atoms with Crippen molar-refractivity contribution in [2.24, 2.45) is 0 Å². The van der Waals surface area contributed by atoms with Crippen LogP contribution in [0.25, 0.3) is 11.1 Å². The Morgan fingerprint density at radius 1 is 1.00 bits per heavy atom. The lowest BCUT2D eigenvalue weighted by Crippen LogP contribution is -2.31. The van der Waals surface area contributed by atoms with Crippen LogP contribution in [0.15, 0.2) is 59.5 Å². The third kappa shape index (κ3) is 3.09. The van der Waals surface area contributed by atoms with E-state index in [1.54, 1.807) is 61.5 Å². The lowest BCUT2D eigenvalue weighted by atomic mass is 9.96. The molecule has 0 radical (unpaired) electrons. The van der Waals surface area contributed by atoms with E-state index in [-0.39, 0.29) is 10.8 Å². The summed E-state index contributed by atoms with van der Waals surface area (Å²) in [5.41, 5.74) is 4.47. The molecule has 148 valence electrons. The molecule has 1 amide bonds. The molecule has 3 aromatic rings. The van der Waals surface area contributed by atoms with Gasteiger partial charge in [0.15, 0.2) is 0 Å². The van der Waals surface area contributed by atoms with Crippen LogP contribution in [-0.4, -0.2) is 21.4 Å². The molecule has 1 aliphatic heterocycles. The van der Waals surface area contributed by atoms with E-state index in [0.717, 1.165) is 5.56 Å². The van der Waals surface area contributed by atoms with E-state index < -0.39 is 10.0 Å². The maximum Gasteiger partial charge on any atom is 0.264 e. The summed E-state index contributed by atoms with van der Waals surface area (Å²) in [6.07, 6.45) is 0. The minimum Gasteiger partial charge on any atom is -0.322 e. The number of hydrogen-bond acceptors (Lipinski definition) is 3. The summed E-state index contributed by atoms with van der Waals surface area (Å²) in [4.78, 5) is 13.2. The van der Waals surface area contributed by atoms with E-state index in [1.165, 1.54) is 11.4 Å². The molecule has 0 atom stereocenters. The molecule has 0 unspecified atom stereocenters. The number of hydrogen-bond donors (Lipinski definition) is 1. The SMILES string of the molecule is Cc1cc(C(=O)Nc2cccc(Cl)c2C)cc2c1N(C)S(=O)(=O)c1ccccc1-2. The number of sulfonamides is 1. The molecule has 0 aliphatic carbocycles. The van der Waals surface area contributed by atoms with Crippen LogP contribution in [0.2, 0.25) is 5.02 Å². The van der Waals surface area contributed by atoms with Gasteiger partial charge in [-0.1, -0.05) is 35.9 Å². The molecule has 0 aromatic heterocycles. The normalized spacial score (nSPS) is 14.1. The lowest BCUT2D eigenvalue weighted by Gasteiger charge is -2.31. The second kappa shape index (κ2) is 6.90. The molecule has 3 aromatic carbocycles. The first kappa shape index (κ1) is 19.5. The fraction of sp³-hybridized carbons (Fsp3) is 0.136. The van der Waals surface area contributed by atoms with Gasteiger partial charge in [0.1, 0.15) is 0 Å². The van der Waals surface area contributed by atoms with Crippen LogP contribution in [0.1, 0.15) is 21.5 Å². The summed E-state index contributed by atoms with van der Waals surface area (Å²) in [7, 11) is -2.10. The first-order valence-corrected chi connectivity index (χ1v) is 10.8. The predicted octanol–water partition coefficient (Wildman–Crippen LogP) is 5.01. The van der Waals surface area contributed by atoms with Crippen molar-refractivity contribution < 1.29 is 13.2 Å². The Labute approximate surface area is 175 Å². The van der Waals surface area contributed by atoms with Gasteiger partial charge in [-0.3, -0.25) is 9.10 Å². The molecule has 7 heteroatoms. The fourth-order valence-corrected chi connectivity index (χ4v) is 5.31. The molecule has 0 bridgehead atoms. The van der Waals surface area contributed by atoms with Gasteiger partial charge < -0.3 is 5.32 Å². The molecule has 0 saturated carbocycles. The van der Waals surface area contributed by atoms with Gasteiger partial charge in [0.25, 0.3) is 15.9 Å². The number of rotatable bonds is 2. The predicted molar refractivity (Wildman–Crippen MR) is 116 cm³/mol. The maximum atomic E-state index is 13.0. The number of nitrogens with one attached hydrogen (secondary N) is 1. The molecule has 5 nitrogen and oxygen atoms in total. The molecule has 1 N–H and O–H groups in total. The van der Waals surface area contributed by atoms with E-state index in [4.69, 9.17) is 11.6 Å². The van der Waals surface area contributed by atoms with Crippen LogP contribution in [0.4, 0.5) is 11.4 Å². The van der Waals surface area contributed by atoms with Crippen LogP contribution in [0.3, 0.4) is 0 Å². The van der Waals surface area contributed by atoms with E-state index >= 15 is 0 Å². The largest absolute Gasteiger partial charge is 0.322 e. The summed E-state index contributed by atoms with van der Waals surface area (Å²) in [6.45, 7) is 3.65. The standard InChI is InChI=1S/C22H19ClN2O3S/c1-13-11-15(22(26)24-19-9-6-8-18(23)14(19)2)12-17-16-7-4-5-10-20(16)29(27,28)25(3)21(13)17/h4-12H,1-3H3,(H,24,26). The number of anilines is 2. The smallest absolute Gasteiger partial charge is 0.264 e. The molecular formula is C22H19ClN2O3S. The molecule has 0 spiro atoms. The molecule has 1 heterocycles. The molecule has 0 fully saturated rings. The van der Waals surface area contributed by atoms with Gasteiger partial charge in [-0.25, -0.2) is 8.42 Å². The van der Waals surface area contributed by atoms with Gasteiger partial charge >= 0.3 is 0 Å². The van der Waals surface area contributed by atoms with Crippen LogP contribution in [0, 0.1) is 13.8 Å². The Bertz CT molecular complexity index is 1270. The summed E-state index contributed by atoms with van der Waals surface area (Å²) in [5, 5.41) is 3.47. The zero-order valence-electron chi connectivity index (χ0n) is 16.2. The van der Waals surface area contributed by atoms with Crippen LogP contribution in [0.5, 0.6) is 0 Å². The first-order chi connectivity index (χ1) is 13.7. The average Bonchev–Trinajstić information content (AvgIpc) is 2.69. The lowest BCUT2D eigenvalue weighted by molar-refractivity contribution is 0.102. The molecule has 0 saturated heterocycles. The Balaban J connectivity index is 1.84. The summed E-state index contributed by atoms with van der Waals surface area (Å²) in [5.74, 6) is -0.283. The quantitative estimate of drug-likeness (QED) is 0.626. The number of aryl methyl sites for hydroxylation is 1. The van der Waals surface area contributed by atoms with Crippen molar-refractivity contribution in [3.05, 3.63) is 76.3 Å². The number of halogens is 1. The van der Waals surface area contributed by atoms with Gasteiger partial charge in [-0.2, -0.15) is 0 Å². The van der Waals surface area contributed by atoms with Crippen molar-refractivity contribution in [3.63, 3.8) is 0 Å². The van der Waals surface area contributed by atoms with Gasteiger partial charge in [-0.15, -0.1) is 0 Å². The zero-order valence-corrected chi connectivity index (χ0v) is 17.7. The monoisotopic (exact) mass is 426 g/mol. The highest BCUT2D eigenvalue weighted by Crippen LogP contribution is 2.44. The van der Waals surface area contributed by atoms with Gasteiger partial charge in [0.05, 0.1) is 10.6 Å². The van der Waals surface area contributed by atoms with Crippen molar-refractivity contribution in [2.75, 3.05) is 16.7 Å². The average molecular weight is 427 g/mol. The molecule has 1 aliphatic rings. The molecule has 29 heavy (non-hydrogen) atoms. The molecular weight excluding hydrogens is 408 g/mol. The molecule has 4 rings (SSSR count). The van der Waals surface area contributed by atoms with E-state index in [0.29, 0.717) is 38.7 Å². The highest BCUT2D eigenvalue weighted by molar-refractivity contribution is 7.93. The van der Waals surface area contributed by atoms with E-state index in [9.17, 15) is 13.2 Å². The second-order valence-corrected chi connectivity index (χ2v) is 9.37. The minimum atomic E-state index is -3.63. The van der Waals surface area contributed by atoms with Gasteiger partial charge in [-0.05, 0) is 55.3 Å². The topological polar surface area (TPSA) is 66.5 Å². The number of amides is 1. The summed E-state index contributed by atoms with van der Waals surface area (Å²) in [6, 6.07) is 15.6. The number of carbonyl (C=O) groups excluding carboxylic acids is 1. The van der Waals surface area contributed by atoms with E-state index in [2.05, 4.69) is 5.32 Å². The van der Waals surface area contributed by atoms with Crippen molar-refractivity contribution >= 4 is 38.9 Å².